The zero-order chi connectivity index (χ0) is 19.7. The quantitative estimate of drug-likeness (QED) is 0.412. The van der Waals surface area contributed by atoms with Gasteiger partial charge in [-0.3, -0.25) is 4.90 Å². The first kappa shape index (κ1) is 23.7. The number of piperidine rings is 1. The summed E-state index contributed by atoms with van der Waals surface area (Å²) in [6, 6.07) is -0.495. The number of aliphatic hydroxyl groups excluding tert-OH is 4. The Hall–Kier alpha value is 0.0500. The van der Waals surface area contributed by atoms with Crippen molar-refractivity contribution in [1.29, 1.82) is 0 Å². The molecule has 170 valence electrons. The predicted molar refractivity (Wildman–Crippen MR) is 113 cm³/mol. The highest BCUT2D eigenvalue weighted by atomic mass is 35.5. The van der Waals surface area contributed by atoms with Crippen LogP contribution >= 0.6 is 12.4 Å². The maximum absolute atomic E-state index is 10.0. The van der Waals surface area contributed by atoms with E-state index in [0.717, 1.165) is 50.2 Å². The summed E-state index contributed by atoms with van der Waals surface area (Å²) in [5.41, 5.74) is 0.490. The van der Waals surface area contributed by atoms with Crippen LogP contribution in [-0.2, 0) is 4.74 Å². The van der Waals surface area contributed by atoms with Gasteiger partial charge < -0.3 is 25.2 Å². The van der Waals surface area contributed by atoms with Crippen LogP contribution in [0, 0.1) is 23.2 Å². The zero-order valence-corrected chi connectivity index (χ0v) is 18.3. The van der Waals surface area contributed by atoms with E-state index in [1.54, 1.807) is 0 Å². The molecule has 6 nitrogen and oxygen atoms in total. The maximum Gasteiger partial charge on any atom is 0.109 e. The number of hydrogen-bond donors (Lipinski definition) is 4. The summed E-state index contributed by atoms with van der Waals surface area (Å²) in [6.45, 7) is 2.56. The van der Waals surface area contributed by atoms with Crippen LogP contribution < -0.4 is 0 Å². The minimum atomic E-state index is -1.17. The fourth-order valence-electron chi connectivity index (χ4n) is 7.09. The van der Waals surface area contributed by atoms with Crippen LogP contribution in [0.25, 0.3) is 0 Å². The monoisotopic (exact) mass is 433 g/mol. The first-order valence-electron chi connectivity index (χ1n) is 11.5. The fraction of sp³-hybridized carbons (Fsp3) is 1.00. The lowest BCUT2D eigenvalue weighted by molar-refractivity contribution is -0.145. The Bertz CT molecular complexity index is 486. The molecule has 29 heavy (non-hydrogen) atoms. The SMILES string of the molecule is Cl.OC[C@H]1[C@H](O)[C@@H](O)[C@H](O)CN1CCCCCOCC12CC3CC(CC(C3)C1)C2. The van der Waals surface area contributed by atoms with Gasteiger partial charge in [0.25, 0.3) is 0 Å². The molecule has 4 atom stereocenters. The molecule has 0 radical (unpaired) electrons. The molecule has 7 heteroatoms. The molecule has 0 amide bonds. The Kier molecular flexibility index (Phi) is 8.27. The first-order chi connectivity index (χ1) is 13.5. The molecule has 5 rings (SSSR count). The minimum absolute atomic E-state index is 0. The van der Waals surface area contributed by atoms with Gasteiger partial charge in [-0.05, 0) is 87.5 Å². The van der Waals surface area contributed by atoms with Gasteiger partial charge in [0, 0.05) is 13.2 Å². The summed E-state index contributed by atoms with van der Waals surface area (Å²) in [6.07, 6.45) is 8.38. The second-order valence-corrected chi connectivity index (χ2v) is 10.3. The van der Waals surface area contributed by atoms with Crippen LogP contribution in [0.4, 0.5) is 0 Å². The van der Waals surface area contributed by atoms with Crippen LogP contribution in [0.15, 0.2) is 0 Å². The third-order valence-electron chi connectivity index (χ3n) is 8.02. The van der Waals surface area contributed by atoms with Crippen molar-refractivity contribution < 1.29 is 25.2 Å². The van der Waals surface area contributed by atoms with E-state index in [1.165, 1.54) is 38.5 Å². The molecule has 0 aromatic rings. The van der Waals surface area contributed by atoms with E-state index in [2.05, 4.69) is 0 Å². The van der Waals surface area contributed by atoms with Crippen molar-refractivity contribution in [3.63, 3.8) is 0 Å². The fourth-order valence-corrected chi connectivity index (χ4v) is 7.09. The van der Waals surface area contributed by atoms with Gasteiger partial charge in [-0.15, -0.1) is 12.4 Å². The van der Waals surface area contributed by atoms with Gasteiger partial charge in [0.1, 0.15) is 12.2 Å². The molecule has 0 unspecified atom stereocenters. The molecule has 0 aromatic heterocycles. The molecule has 1 heterocycles. The van der Waals surface area contributed by atoms with Gasteiger partial charge in [0.15, 0.2) is 0 Å². The van der Waals surface area contributed by atoms with Crippen molar-refractivity contribution in [2.45, 2.75) is 82.1 Å². The number of aliphatic hydroxyl groups is 4. The molecule has 0 spiro atoms. The van der Waals surface area contributed by atoms with Gasteiger partial charge in [0.2, 0.25) is 0 Å². The average molecular weight is 434 g/mol. The standard InChI is InChI=1S/C22H39NO5.ClH/c24-13-18-20(26)21(27)19(25)12-23(18)4-2-1-3-5-28-14-22-9-15-6-16(10-22)8-17(7-15)11-22;/h15-21,24-27H,1-14H2;1H/t15?,16?,17?,18-,19+,20-,21-,22?;/m0./s1. The zero-order valence-electron chi connectivity index (χ0n) is 17.5. The predicted octanol–water partition coefficient (Wildman–Crippen LogP) is 1.57. The number of nitrogens with zero attached hydrogens (tertiary/aromatic N) is 1. The molecule has 5 fully saturated rings. The van der Waals surface area contributed by atoms with Gasteiger partial charge in [-0.2, -0.15) is 0 Å². The van der Waals surface area contributed by atoms with Crippen LogP contribution in [0.1, 0.15) is 57.8 Å². The molecule has 4 saturated carbocycles. The van der Waals surface area contributed by atoms with Gasteiger partial charge in [-0.1, -0.05) is 0 Å². The van der Waals surface area contributed by atoms with E-state index in [-0.39, 0.29) is 19.0 Å². The second-order valence-electron chi connectivity index (χ2n) is 10.3. The molecule has 1 saturated heterocycles. The molecular weight excluding hydrogens is 394 g/mol. The van der Waals surface area contributed by atoms with E-state index in [4.69, 9.17) is 4.74 Å². The number of ether oxygens (including phenoxy) is 1. The Labute approximate surface area is 181 Å². The smallest absolute Gasteiger partial charge is 0.109 e. The number of halogens is 1. The third-order valence-corrected chi connectivity index (χ3v) is 8.02. The molecule has 4 N–H and O–H groups in total. The summed E-state index contributed by atoms with van der Waals surface area (Å²) in [5, 5.41) is 39.2. The summed E-state index contributed by atoms with van der Waals surface area (Å²) in [4.78, 5) is 1.90. The van der Waals surface area contributed by atoms with Crippen LogP contribution in [0.3, 0.4) is 0 Å². The highest BCUT2D eigenvalue weighted by Crippen LogP contribution is 2.60. The minimum Gasteiger partial charge on any atom is -0.395 e. The third kappa shape index (κ3) is 5.28. The van der Waals surface area contributed by atoms with E-state index in [1.807, 2.05) is 4.90 Å². The highest BCUT2D eigenvalue weighted by molar-refractivity contribution is 5.85. The number of unbranched alkanes of at least 4 members (excludes halogenated alkanes) is 2. The summed E-state index contributed by atoms with van der Waals surface area (Å²) in [7, 11) is 0. The summed E-state index contributed by atoms with van der Waals surface area (Å²) in [5.74, 6) is 2.93. The lowest BCUT2D eigenvalue weighted by Crippen LogP contribution is -2.62. The number of likely N-dealkylation sites (tertiary alicyclic amines) is 1. The highest BCUT2D eigenvalue weighted by Gasteiger charge is 2.50. The Morgan fingerprint density at radius 1 is 0.862 bits per heavy atom. The number of rotatable bonds is 9. The van der Waals surface area contributed by atoms with Crippen molar-refractivity contribution in [1.82, 2.24) is 4.90 Å². The van der Waals surface area contributed by atoms with E-state index in [9.17, 15) is 20.4 Å². The topological polar surface area (TPSA) is 93.4 Å². The van der Waals surface area contributed by atoms with Crippen molar-refractivity contribution in [3.05, 3.63) is 0 Å². The van der Waals surface area contributed by atoms with Crippen molar-refractivity contribution >= 4 is 12.4 Å². The maximum atomic E-state index is 10.0. The van der Waals surface area contributed by atoms with Crippen LogP contribution in [0.2, 0.25) is 0 Å². The van der Waals surface area contributed by atoms with Gasteiger partial charge in [0.05, 0.1) is 25.4 Å². The Morgan fingerprint density at radius 3 is 2.07 bits per heavy atom. The van der Waals surface area contributed by atoms with Gasteiger partial charge in [-0.25, -0.2) is 0 Å². The average Bonchev–Trinajstić information content (AvgIpc) is 2.64. The van der Waals surface area contributed by atoms with Crippen molar-refractivity contribution in [2.75, 3.05) is 32.9 Å². The molecule has 4 aliphatic carbocycles. The molecule has 5 aliphatic rings. The molecule has 1 aliphatic heterocycles. The van der Waals surface area contributed by atoms with Crippen LogP contribution in [-0.4, -0.2) is 82.6 Å². The van der Waals surface area contributed by atoms with Gasteiger partial charge >= 0.3 is 0 Å². The summed E-state index contributed by atoms with van der Waals surface area (Å²) >= 11 is 0. The normalized spacial score (nSPS) is 44.1. The summed E-state index contributed by atoms with van der Waals surface area (Å²) < 4.78 is 6.13. The molecule has 4 bridgehead atoms. The molecular formula is C22H40ClNO5. The lowest BCUT2D eigenvalue weighted by atomic mass is 9.50. The van der Waals surface area contributed by atoms with E-state index >= 15 is 0 Å². The molecule has 0 aromatic carbocycles. The number of β-amino-alcohol motifs (C(OH)–C–C–N with tert-alkyl or cyclic N) is 1. The Morgan fingerprint density at radius 2 is 1.48 bits per heavy atom. The lowest BCUT2D eigenvalue weighted by Gasteiger charge is -2.56. The first-order valence-corrected chi connectivity index (χ1v) is 11.5. The van der Waals surface area contributed by atoms with E-state index < -0.39 is 24.4 Å². The Balaban J connectivity index is 0.00000240. The van der Waals surface area contributed by atoms with Crippen LogP contribution in [0.5, 0.6) is 0 Å². The number of hydrogen-bond acceptors (Lipinski definition) is 6. The van der Waals surface area contributed by atoms with Crippen molar-refractivity contribution in [2.24, 2.45) is 23.2 Å². The largest absolute Gasteiger partial charge is 0.395 e. The van der Waals surface area contributed by atoms with E-state index in [0.29, 0.717) is 18.5 Å². The van der Waals surface area contributed by atoms with Crippen molar-refractivity contribution in [3.8, 4) is 0 Å². The second kappa shape index (κ2) is 10.1.